The second-order valence-corrected chi connectivity index (χ2v) is 6.73. The van der Waals surface area contributed by atoms with Crippen molar-refractivity contribution >= 4 is 0 Å². The molecule has 1 fully saturated rings. The predicted octanol–water partition coefficient (Wildman–Crippen LogP) is 4.21. The van der Waals surface area contributed by atoms with Gasteiger partial charge >= 0.3 is 0 Å². The van der Waals surface area contributed by atoms with E-state index in [0.29, 0.717) is 5.92 Å². The van der Waals surface area contributed by atoms with Crippen molar-refractivity contribution in [2.45, 2.75) is 52.6 Å². The molecule has 2 rings (SSSR count). The number of ether oxygens (including phenoxy) is 1. The van der Waals surface area contributed by atoms with Gasteiger partial charge in [0.25, 0.3) is 0 Å². The van der Waals surface area contributed by atoms with Gasteiger partial charge in [-0.15, -0.1) is 0 Å². The molecule has 0 radical (unpaired) electrons. The van der Waals surface area contributed by atoms with Crippen molar-refractivity contribution in [2.24, 2.45) is 11.8 Å². The van der Waals surface area contributed by atoms with Gasteiger partial charge in [-0.2, -0.15) is 0 Å². The molecule has 1 heterocycles. The van der Waals surface area contributed by atoms with Crippen LogP contribution in [0.15, 0.2) is 24.3 Å². The lowest BCUT2D eigenvalue weighted by Gasteiger charge is -2.34. The fraction of sp³-hybridized carbons (Fsp3) is 0.667. The van der Waals surface area contributed by atoms with Gasteiger partial charge in [0.1, 0.15) is 5.75 Å². The summed E-state index contributed by atoms with van der Waals surface area (Å²) in [6, 6.07) is 8.74. The second kappa shape index (κ2) is 7.12. The van der Waals surface area contributed by atoms with E-state index in [-0.39, 0.29) is 6.10 Å². The molecule has 1 aromatic rings. The highest BCUT2D eigenvalue weighted by Crippen LogP contribution is 2.35. The van der Waals surface area contributed by atoms with E-state index in [1.165, 1.54) is 18.4 Å². The first-order chi connectivity index (χ1) is 9.56. The van der Waals surface area contributed by atoms with E-state index >= 15 is 0 Å². The molecule has 0 bridgehead atoms. The van der Waals surface area contributed by atoms with Crippen molar-refractivity contribution in [1.29, 1.82) is 0 Å². The van der Waals surface area contributed by atoms with Crippen LogP contribution in [0, 0.1) is 11.8 Å². The van der Waals surface area contributed by atoms with Gasteiger partial charge in [-0.25, -0.2) is 0 Å². The Morgan fingerprint density at radius 3 is 2.75 bits per heavy atom. The van der Waals surface area contributed by atoms with Crippen molar-refractivity contribution < 1.29 is 4.74 Å². The minimum atomic E-state index is 0.240. The zero-order chi connectivity index (χ0) is 14.5. The molecular weight excluding hydrogens is 246 g/mol. The van der Waals surface area contributed by atoms with Crippen LogP contribution in [0.4, 0.5) is 0 Å². The summed E-state index contributed by atoms with van der Waals surface area (Å²) in [5.74, 6) is 3.20. The lowest BCUT2D eigenvalue weighted by Crippen LogP contribution is -2.36. The van der Waals surface area contributed by atoms with E-state index in [2.05, 4.69) is 57.3 Å². The third-order valence-electron chi connectivity index (χ3n) is 4.04. The van der Waals surface area contributed by atoms with Gasteiger partial charge in [0.15, 0.2) is 0 Å². The predicted molar refractivity (Wildman–Crippen MR) is 85.4 cm³/mol. The van der Waals surface area contributed by atoms with Gasteiger partial charge < -0.3 is 10.1 Å². The van der Waals surface area contributed by atoms with Gasteiger partial charge in [0.05, 0.1) is 6.10 Å². The quantitative estimate of drug-likeness (QED) is 0.869. The Morgan fingerprint density at radius 1 is 1.25 bits per heavy atom. The molecular formula is C18H29NO. The zero-order valence-electron chi connectivity index (χ0n) is 13.4. The molecule has 2 unspecified atom stereocenters. The van der Waals surface area contributed by atoms with E-state index < -0.39 is 0 Å². The Hall–Kier alpha value is -1.02. The molecule has 0 aromatic heterocycles. The number of hydrogen-bond donors (Lipinski definition) is 1. The molecule has 1 aromatic carbocycles. The average molecular weight is 275 g/mol. The minimum Gasteiger partial charge on any atom is -0.491 e. The van der Waals surface area contributed by atoms with Crippen LogP contribution >= 0.6 is 0 Å². The number of nitrogens with one attached hydrogen (secondary N) is 1. The summed E-state index contributed by atoms with van der Waals surface area (Å²) in [5.41, 5.74) is 1.45. The van der Waals surface area contributed by atoms with Gasteiger partial charge in [-0.3, -0.25) is 0 Å². The van der Waals surface area contributed by atoms with Crippen molar-refractivity contribution in [2.75, 3.05) is 13.1 Å². The molecule has 2 heteroatoms. The number of piperidine rings is 1. The maximum absolute atomic E-state index is 5.85. The number of rotatable bonds is 5. The summed E-state index contributed by atoms with van der Waals surface area (Å²) in [6.45, 7) is 11.1. The van der Waals surface area contributed by atoms with Crippen LogP contribution in [0.5, 0.6) is 5.75 Å². The maximum Gasteiger partial charge on any atom is 0.119 e. The molecule has 2 atom stereocenters. The Balaban J connectivity index is 2.14. The van der Waals surface area contributed by atoms with Crippen LogP contribution < -0.4 is 10.1 Å². The molecule has 1 aliphatic heterocycles. The molecule has 0 amide bonds. The SMILES string of the molecule is CC(C)CC1CNCCC1c1cccc(OC(C)C)c1. The average Bonchev–Trinajstić information content (AvgIpc) is 2.38. The molecule has 0 saturated carbocycles. The van der Waals surface area contributed by atoms with Crippen LogP contribution in [-0.2, 0) is 0 Å². The van der Waals surface area contributed by atoms with E-state index in [0.717, 1.165) is 30.7 Å². The van der Waals surface area contributed by atoms with Crippen LogP contribution in [-0.4, -0.2) is 19.2 Å². The first kappa shape index (κ1) is 15.4. The third kappa shape index (κ3) is 4.24. The molecule has 1 aliphatic rings. The van der Waals surface area contributed by atoms with Crippen molar-refractivity contribution in [3.8, 4) is 5.75 Å². The summed E-state index contributed by atoms with van der Waals surface area (Å²) >= 11 is 0. The van der Waals surface area contributed by atoms with Gasteiger partial charge in [0.2, 0.25) is 0 Å². The second-order valence-electron chi connectivity index (χ2n) is 6.73. The van der Waals surface area contributed by atoms with Gasteiger partial charge in [-0.1, -0.05) is 26.0 Å². The zero-order valence-corrected chi connectivity index (χ0v) is 13.4. The number of benzene rings is 1. The molecule has 112 valence electrons. The molecule has 2 nitrogen and oxygen atoms in total. The maximum atomic E-state index is 5.85. The Morgan fingerprint density at radius 2 is 2.05 bits per heavy atom. The van der Waals surface area contributed by atoms with E-state index in [9.17, 15) is 0 Å². The highest BCUT2D eigenvalue weighted by atomic mass is 16.5. The van der Waals surface area contributed by atoms with Crippen LogP contribution in [0.1, 0.15) is 52.0 Å². The molecule has 20 heavy (non-hydrogen) atoms. The normalized spacial score (nSPS) is 23.3. The third-order valence-corrected chi connectivity index (χ3v) is 4.04. The van der Waals surface area contributed by atoms with Crippen molar-refractivity contribution in [3.63, 3.8) is 0 Å². The molecule has 1 saturated heterocycles. The van der Waals surface area contributed by atoms with E-state index in [1.807, 2.05) is 0 Å². The van der Waals surface area contributed by atoms with Crippen molar-refractivity contribution in [1.82, 2.24) is 5.32 Å². The summed E-state index contributed by atoms with van der Waals surface area (Å²) in [5, 5.41) is 3.56. The lowest BCUT2D eigenvalue weighted by molar-refractivity contribution is 0.240. The first-order valence-electron chi connectivity index (χ1n) is 8.03. The summed E-state index contributed by atoms with van der Waals surface area (Å²) < 4.78 is 5.85. The lowest BCUT2D eigenvalue weighted by atomic mass is 9.77. The first-order valence-corrected chi connectivity index (χ1v) is 8.03. The fourth-order valence-corrected chi connectivity index (χ4v) is 3.31. The van der Waals surface area contributed by atoms with Crippen LogP contribution in [0.25, 0.3) is 0 Å². The molecule has 0 spiro atoms. The van der Waals surface area contributed by atoms with Crippen molar-refractivity contribution in [3.05, 3.63) is 29.8 Å². The summed E-state index contributed by atoms with van der Waals surface area (Å²) in [6.07, 6.45) is 2.78. The largest absolute Gasteiger partial charge is 0.491 e. The molecule has 1 N–H and O–H groups in total. The van der Waals surface area contributed by atoms with Crippen LogP contribution in [0.3, 0.4) is 0 Å². The van der Waals surface area contributed by atoms with Gasteiger partial charge in [0, 0.05) is 0 Å². The highest BCUT2D eigenvalue weighted by Gasteiger charge is 2.27. The fourth-order valence-electron chi connectivity index (χ4n) is 3.31. The highest BCUT2D eigenvalue weighted by molar-refractivity contribution is 5.31. The Labute approximate surface area is 123 Å². The summed E-state index contributed by atoms with van der Waals surface area (Å²) in [7, 11) is 0. The Bertz CT molecular complexity index is 414. The molecule has 0 aliphatic carbocycles. The number of hydrogen-bond acceptors (Lipinski definition) is 2. The van der Waals surface area contributed by atoms with Gasteiger partial charge in [-0.05, 0) is 75.2 Å². The summed E-state index contributed by atoms with van der Waals surface area (Å²) in [4.78, 5) is 0. The smallest absolute Gasteiger partial charge is 0.119 e. The minimum absolute atomic E-state index is 0.240. The monoisotopic (exact) mass is 275 g/mol. The Kier molecular flexibility index (Phi) is 5.47. The topological polar surface area (TPSA) is 21.3 Å². The van der Waals surface area contributed by atoms with Crippen LogP contribution in [0.2, 0.25) is 0 Å². The standard InChI is InChI=1S/C18H29NO/c1-13(2)10-16-12-19-9-8-18(16)15-6-5-7-17(11-15)20-14(3)4/h5-7,11,13-14,16,18-19H,8-10,12H2,1-4H3. The van der Waals surface area contributed by atoms with E-state index in [1.54, 1.807) is 0 Å². The van der Waals surface area contributed by atoms with E-state index in [4.69, 9.17) is 4.74 Å².